The van der Waals surface area contributed by atoms with E-state index in [1.165, 1.54) is 12.8 Å². The van der Waals surface area contributed by atoms with Gasteiger partial charge >= 0.3 is 0 Å². The third-order valence-electron chi connectivity index (χ3n) is 3.34. The molecule has 0 N–H and O–H groups in total. The van der Waals surface area contributed by atoms with Crippen LogP contribution in [0.5, 0.6) is 0 Å². The maximum absolute atomic E-state index is 12.6. The second-order valence-electron chi connectivity index (χ2n) is 5.07. The van der Waals surface area contributed by atoms with Gasteiger partial charge in [-0.2, -0.15) is 4.31 Å². The summed E-state index contributed by atoms with van der Waals surface area (Å²) >= 11 is 0. The van der Waals surface area contributed by atoms with Crippen molar-refractivity contribution in [3.63, 3.8) is 0 Å². The lowest BCUT2D eigenvalue weighted by molar-refractivity contribution is 0.395. The van der Waals surface area contributed by atoms with Gasteiger partial charge in [-0.15, -0.1) is 0 Å². The van der Waals surface area contributed by atoms with Crippen molar-refractivity contribution in [1.82, 2.24) is 4.31 Å². The van der Waals surface area contributed by atoms with Gasteiger partial charge in [-0.1, -0.05) is 25.1 Å². The van der Waals surface area contributed by atoms with Gasteiger partial charge in [0.15, 0.2) is 0 Å². The van der Waals surface area contributed by atoms with Crippen molar-refractivity contribution in [2.24, 2.45) is 5.92 Å². The summed E-state index contributed by atoms with van der Waals surface area (Å²) in [5.74, 6) is 0.579. The summed E-state index contributed by atoms with van der Waals surface area (Å²) in [6.45, 7) is 5.18. The van der Waals surface area contributed by atoms with E-state index in [0.29, 0.717) is 23.9 Å². The van der Waals surface area contributed by atoms with Crippen molar-refractivity contribution < 1.29 is 8.42 Å². The Morgan fingerprint density at radius 2 is 1.94 bits per heavy atom. The number of nitrogens with zero attached hydrogens (tertiary/aromatic N) is 1. The molecular weight excluding hydrogens is 246 g/mol. The lowest BCUT2D eigenvalue weighted by atomic mass is 10.2. The fourth-order valence-electron chi connectivity index (χ4n) is 2.13. The molecule has 1 aromatic rings. The minimum Gasteiger partial charge on any atom is -0.207 e. The molecule has 18 heavy (non-hydrogen) atoms. The minimum atomic E-state index is -3.32. The van der Waals surface area contributed by atoms with E-state index in [4.69, 9.17) is 0 Å². The highest BCUT2D eigenvalue weighted by Gasteiger charge is 2.31. The van der Waals surface area contributed by atoms with Crippen molar-refractivity contribution in [3.8, 4) is 0 Å². The molecule has 0 saturated heterocycles. The summed E-state index contributed by atoms with van der Waals surface area (Å²) in [6, 6.07) is 7.23. The standard InChI is InChI=1S/C14H21NO2S/c1-3-10-15(11-13-8-9-13)18(16,17)14-7-5-4-6-12(14)2/h4-7,13H,3,8-11H2,1-2H3. The van der Waals surface area contributed by atoms with Gasteiger partial charge < -0.3 is 0 Å². The summed E-state index contributed by atoms with van der Waals surface area (Å²) in [7, 11) is -3.32. The normalized spacial score (nSPS) is 16.2. The predicted octanol–water partition coefficient (Wildman–Crippen LogP) is 2.81. The van der Waals surface area contributed by atoms with Crippen LogP contribution in [0.4, 0.5) is 0 Å². The predicted molar refractivity (Wildman–Crippen MR) is 73.0 cm³/mol. The Bertz CT molecular complexity index is 506. The smallest absolute Gasteiger partial charge is 0.207 e. The highest BCUT2D eigenvalue weighted by atomic mass is 32.2. The zero-order valence-electron chi connectivity index (χ0n) is 11.1. The molecule has 1 fully saturated rings. The molecule has 3 nitrogen and oxygen atoms in total. The molecule has 0 amide bonds. The van der Waals surface area contributed by atoms with Crippen LogP contribution in [0.1, 0.15) is 31.7 Å². The first-order valence-corrected chi connectivity index (χ1v) is 8.05. The average Bonchev–Trinajstić information content (AvgIpc) is 3.13. The summed E-state index contributed by atoms with van der Waals surface area (Å²) in [5, 5.41) is 0. The van der Waals surface area contributed by atoms with Crippen LogP contribution >= 0.6 is 0 Å². The van der Waals surface area contributed by atoms with E-state index in [2.05, 4.69) is 0 Å². The van der Waals surface area contributed by atoms with E-state index >= 15 is 0 Å². The van der Waals surface area contributed by atoms with Crippen molar-refractivity contribution in [1.29, 1.82) is 0 Å². The number of rotatable bonds is 6. The number of aryl methyl sites for hydroxylation is 1. The zero-order chi connectivity index (χ0) is 13.2. The fraction of sp³-hybridized carbons (Fsp3) is 0.571. The highest BCUT2D eigenvalue weighted by Crippen LogP contribution is 2.32. The first-order chi connectivity index (χ1) is 8.55. The topological polar surface area (TPSA) is 37.4 Å². The molecule has 0 unspecified atom stereocenters. The fourth-order valence-corrected chi connectivity index (χ4v) is 3.97. The van der Waals surface area contributed by atoms with E-state index in [-0.39, 0.29) is 0 Å². The van der Waals surface area contributed by atoms with Gasteiger partial charge in [-0.05, 0) is 43.7 Å². The van der Waals surface area contributed by atoms with Crippen LogP contribution in [0.2, 0.25) is 0 Å². The lowest BCUT2D eigenvalue weighted by Crippen LogP contribution is -2.34. The summed E-state index contributed by atoms with van der Waals surface area (Å²) in [4.78, 5) is 0.458. The largest absolute Gasteiger partial charge is 0.243 e. The average molecular weight is 267 g/mol. The van der Waals surface area contributed by atoms with Gasteiger partial charge in [-0.25, -0.2) is 8.42 Å². The third kappa shape index (κ3) is 2.93. The second kappa shape index (κ2) is 5.41. The molecule has 0 aromatic heterocycles. The van der Waals surface area contributed by atoms with Crippen molar-refractivity contribution in [3.05, 3.63) is 29.8 Å². The van der Waals surface area contributed by atoms with Gasteiger partial charge in [0.1, 0.15) is 0 Å². The van der Waals surface area contributed by atoms with Crippen LogP contribution in [0, 0.1) is 12.8 Å². The van der Waals surface area contributed by atoms with Gasteiger partial charge in [0.2, 0.25) is 10.0 Å². The Balaban J connectivity index is 2.28. The van der Waals surface area contributed by atoms with Crippen LogP contribution < -0.4 is 0 Å². The SMILES string of the molecule is CCCN(CC1CC1)S(=O)(=O)c1ccccc1C. The van der Waals surface area contributed by atoms with Gasteiger partial charge in [0.05, 0.1) is 4.90 Å². The van der Waals surface area contributed by atoms with Crippen LogP contribution in [0.25, 0.3) is 0 Å². The van der Waals surface area contributed by atoms with Crippen LogP contribution in [-0.2, 0) is 10.0 Å². The van der Waals surface area contributed by atoms with Crippen molar-refractivity contribution >= 4 is 10.0 Å². The molecule has 0 atom stereocenters. The quantitative estimate of drug-likeness (QED) is 0.795. The summed E-state index contributed by atoms with van der Waals surface area (Å²) < 4.78 is 26.9. The Hall–Kier alpha value is -0.870. The van der Waals surface area contributed by atoms with Crippen LogP contribution in [0.15, 0.2) is 29.2 Å². The highest BCUT2D eigenvalue weighted by molar-refractivity contribution is 7.89. The van der Waals surface area contributed by atoms with Gasteiger partial charge in [-0.3, -0.25) is 0 Å². The number of hydrogen-bond acceptors (Lipinski definition) is 2. The van der Waals surface area contributed by atoms with Gasteiger partial charge in [0.25, 0.3) is 0 Å². The minimum absolute atomic E-state index is 0.458. The monoisotopic (exact) mass is 267 g/mol. The number of hydrogen-bond donors (Lipinski definition) is 0. The van der Waals surface area contributed by atoms with E-state index in [1.807, 2.05) is 26.0 Å². The molecule has 0 aliphatic heterocycles. The molecule has 100 valence electrons. The Kier molecular flexibility index (Phi) is 4.07. The molecule has 1 aliphatic rings. The molecule has 1 aliphatic carbocycles. The molecule has 0 heterocycles. The lowest BCUT2D eigenvalue weighted by Gasteiger charge is -2.22. The maximum Gasteiger partial charge on any atom is 0.243 e. The maximum atomic E-state index is 12.6. The third-order valence-corrected chi connectivity index (χ3v) is 5.37. The van der Waals surface area contributed by atoms with E-state index in [9.17, 15) is 8.42 Å². The van der Waals surface area contributed by atoms with Gasteiger partial charge in [0, 0.05) is 13.1 Å². The second-order valence-corrected chi connectivity index (χ2v) is 6.98. The molecule has 1 saturated carbocycles. The Morgan fingerprint density at radius 1 is 1.28 bits per heavy atom. The molecule has 0 spiro atoms. The zero-order valence-corrected chi connectivity index (χ0v) is 11.9. The number of benzene rings is 1. The van der Waals surface area contributed by atoms with Crippen LogP contribution in [-0.4, -0.2) is 25.8 Å². The van der Waals surface area contributed by atoms with E-state index < -0.39 is 10.0 Å². The van der Waals surface area contributed by atoms with Crippen LogP contribution in [0.3, 0.4) is 0 Å². The molecule has 1 aromatic carbocycles. The summed E-state index contributed by atoms with van der Waals surface area (Å²) in [5.41, 5.74) is 0.828. The molecule has 0 bridgehead atoms. The molecule has 2 rings (SSSR count). The van der Waals surface area contributed by atoms with Crippen molar-refractivity contribution in [2.75, 3.05) is 13.1 Å². The van der Waals surface area contributed by atoms with E-state index in [0.717, 1.165) is 12.0 Å². The molecule has 0 radical (unpaired) electrons. The Morgan fingerprint density at radius 3 is 2.50 bits per heavy atom. The first kappa shape index (κ1) is 13.6. The molecular formula is C14H21NO2S. The number of sulfonamides is 1. The van der Waals surface area contributed by atoms with E-state index in [1.54, 1.807) is 16.4 Å². The first-order valence-electron chi connectivity index (χ1n) is 6.61. The summed E-state index contributed by atoms with van der Waals surface area (Å²) in [6.07, 6.45) is 3.20. The van der Waals surface area contributed by atoms with Crippen molar-refractivity contribution in [2.45, 2.75) is 38.0 Å². The molecule has 4 heteroatoms. The Labute approximate surface area is 110 Å².